The van der Waals surface area contributed by atoms with Gasteiger partial charge in [0.05, 0.1) is 12.2 Å². The highest BCUT2D eigenvalue weighted by Crippen LogP contribution is 2.27. The Morgan fingerprint density at radius 2 is 2.13 bits per heavy atom. The SMILES string of the molecule is CCOC(=O)NC1CCCN(C(=O)c2ccc(C)c(C)c2O)C1. The third-order valence-corrected chi connectivity index (χ3v) is 4.24. The summed E-state index contributed by atoms with van der Waals surface area (Å²) in [4.78, 5) is 25.9. The maximum Gasteiger partial charge on any atom is 0.407 e. The van der Waals surface area contributed by atoms with Crippen LogP contribution in [0.15, 0.2) is 12.1 Å². The van der Waals surface area contributed by atoms with Crippen LogP contribution < -0.4 is 5.32 Å². The molecule has 2 rings (SSSR count). The molecule has 1 fully saturated rings. The van der Waals surface area contributed by atoms with Crippen molar-refractivity contribution in [3.63, 3.8) is 0 Å². The minimum atomic E-state index is -0.458. The van der Waals surface area contributed by atoms with Crippen molar-refractivity contribution in [1.82, 2.24) is 10.2 Å². The molecular weight excluding hydrogens is 296 g/mol. The minimum Gasteiger partial charge on any atom is -0.507 e. The number of nitrogens with one attached hydrogen (secondary N) is 1. The van der Waals surface area contributed by atoms with Crippen LogP contribution in [0.4, 0.5) is 4.79 Å². The Labute approximate surface area is 136 Å². The van der Waals surface area contributed by atoms with Gasteiger partial charge in [-0.2, -0.15) is 0 Å². The van der Waals surface area contributed by atoms with E-state index < -0.39 is 6.09 Å². The number of rotatable bonds is 3. The fourth-order valence-electron chi connectivity index (χ4n) is 2.76. The number of hydrogen-bond donors (Lipinski definition) is 2. The van der Waals surface area contributed by atoms with Crippen LogP contribution in [0.5, 0.6) is 5.75 Å². The molecule has 1 aliphatic rings. The van der Waals surface area contributed by atoms with E-state index in [2.05, 4.69) is 5.32 Å². The summed E-state index contributed by atoms with van der Waals surface area (Å²) >= 11 is 0. The molecule has 2 N–H and O–H groups in total. The molecule has 0 saturated carbocycles. The van der Waals surface area contributed by atoms with Crippen LogP contribution >= 0.6 is 0 Å². The third kappa shape index (κ3) is 3.94. The van der Waals surface area contributed by atoms with E-state index in [1.807, 2.05) is 13.0 Å². The topological polar surface area (TPSA) is 78.9 Å². The Balaban J connectivity index is 2.08. The number of aryl methyl sites for hydroxylation is 1. The Hall–Kier alpha value is -2.24. The second kappa shape index (κ2) is 7.35. The largest absolute Gasteiger partial charge is 0.507 e. The average molecular weight is 320 g/mol. The smallest absolute Gasteiger partial charge is 0.407 e. The van der Waals surface area contributed by atoms with E-state index in [1.54, 1.807) is 24.8 Å². The molecule has 0 bridgehead atoms. The van der Waals surface area contributed by atoms with Crippen molar-refractivity contribution in [2.45, 2.75) is 39.7 Å². The first-order valence-electron chi connectivity index (χ1n) is 7.95. The normalized spacial score (nSPS) is 17.7. The third-order valence-electron chi connectivity index (χ3n) is 4.24. The fraction of sp³-hybridized carbons (Fsp3) is 0.529. The van der Waals surface area contributed by atoms with E-state index >= 15 is 0 Å². The Bertz CT molecular complexity index is 601. The van der Waals surface area contributed by atoms with Gasteiger partial charge >= 0.3 is 6.09 Å². The quantitative estimate of drug-likeness (QED) is 0.896. The van der Waals surface area contributed by atoms with Crippen molar-refractivity contribution in [3.05, 3.63) is 28.8 Å². The molecule has 0 radical (unpaired) electrons. The van der Waals surface area contributed by atoms with Crippen LogP contribution in [0.1, 0.15) is 41.3 Å². The molecule has 2 amide bonds. The summed E-state index contributed by atoms with van der Waals surface area (Å²) in [6, 6.07) is 3.36. The first kappa shape index (κ1) is 17.1. The van der Waals surface area contributed by atoms with E-state index in [-0.39, 0.29) is 17.7 Å². The standard InChI is InChI=1S/C17H24N2O4/c1-4-23-17(22)18-13-6-5-9-19(10-13)16(21)14-8-7-11(2)12(3)15(14)20/h7-8,13,20H,4-6,9-10H2,1-3H3,(H,18,22). The van der Waals surface area contributed by atoms with E-state index in [1.165, 1.54) is 0 Å². The molecule has 6 nitrogen and oxygen atoms in total. The van der Waals surface area contributed by atoms with Gasteiger partial charge < -0.3 is 20.1 Å². The molecule has 1 atom stereocenters. The van der Waals surface area contributed by atoms with Crippen molar-refractivity contribution in [3.8, 4) is 5.75 Å². The summed E-state index contributed by atoms with van der Waals surface area (Å²) in [6.07, 6.45) is 1.15. The second-order valence-corrected chi connectivity index (χ2v) is 5.86. The van der Waals surface area contributed by atoms with Crippen LogP contribution in [-0.2, 0) is 4.74 Å². The highest BCUT2D eigenvalue weighted by molar-refractivity contribution is 5.97. The van der Waals surface area contributed by atoms with Gasteiger partial charge in [0.25, 0.3) is 5.91 Å². The van der Waals surface area contributed by atoms with Gasteiger partial charge in [-0.05, 0) is 50.8 Å². The van der Waals surface area contributed by atoms with Crippen molar-refractivity contribution < 1.29 is 19.4 Å². The molecule has 0 aliphatic carbocycles. The van der Waals surface area contributed by atoms with E-state index in [0.717, 1.165) is 18.4 Å². The van der Waals surface area contributed by atoms with Crippen molar-refractivity contribution in [2.75, 3.05) is 19.7 Å². The molecule has 126 valence electrons. The molecule has 6 heteroatoms. The molecular formula is C17H24N2O4. The maximum absolute atomic E-state index is 12.7. The number of phenolic OH excluding ortho intramolecular Hbond substituents is 1. The van der Waals surface area contributed by atoms with Crippen LogP contribution in [0.25, 0.3) is 0 Å². The lowest BCUT2D eigenvalue weighted by Crippen LogP contribution is -2.49. The molecule has 1 aromatic rings. The van der Waals surface area contributed by atoms with Gasteiger partial charge in [-0.15, -0.1) is 0 Å². The Morgan fingerprint density at radius 3 is 2.83 bits per heavy atom. The fourth-order valence-corrected chi connectivity index (χ4v) is 2.76. The van der Waals surface area contributed by atoms with Crippen molar-refractivity contribution >= 4 is 12.0 Å². The van der Waals surface area contributed by atoms with Crippen molar-refractivity contribution in [1.29, 1.82) is 0 Å². The summed E-state index contributed by atoms with van der Waals surface area (Å²) in [7, 11) is 0. The first-order valence-corrected chi connectivity index (χ1v) is 7.95. The van der Waals surface area contributed by atoms with Gasteiger partial charge in [0, 0.05) is 19.1 Å². The zero-order chi connectivity index (χ0) is 17.0. The number of hydrogen-bond acceptors (Lipinski definition) is 4. The number of phenols is 1. The number of likely N-dealkylation sites (tertiary alicyclic amines) is 1. The molecule has 1 aromatic carbocycles. The number of alkyl carbamates (subject to hydrolysis) is 1. The zero-order valence-electron chi connectivity index (χ0n) is 13.9. The zero-order valence-corrected chi connectivity index (χ0v) is 13.9. The molecule has 1 heterocycles. The molecule has 1 aliphatic heterocycles. The summed E-state index contributed by atoms with van der Waals surface area (Å²) in [5.41, 5.74) is 1.97. The molecule has 23 heavy (non-hydrogen) atoms. The van der Waals surface area contributed by atoms with Crippen LogP contribution in [0.3, 0.4) is 0 Å². The van der Waals surface area contributed by atoms with E-state index in [9.17, 15) is 14.7 Å². The number of ether oxygens (including phenoxy) is 1. The van der Waals surface area contributed by atoms with E-state index in [4.69, 9.17) is 4.74 Å². The molecule has 1 unspecified atom stereocenters. The number of amides is 2. The number of nitrogens with zero attached hydrogens (tertiary/aromatic N) is 1. The Kier molecular flexibility index (Phi) is 5.47. The maximum atomic E-state index is 12.7. The van der Waals surface area contributed by atoms with Crippen LogP contribution in [0.2, 0.25) is 0 Å². The molecule has 1 saturated heterocycles. The van der Waals surface area contributed by atoms with Gasteiger partial charge in [0.1, 0.15) is 5.75 Å². The lowest BCUT2D eigenvalue weighted by molar-refractivity contribution is 0.0683. The van der Waals surface area contributed by atoms with Crippen molar-refractivity contribution in [2.24, 2.45) is 0 Å². The lowest BCUT2D eigenvalue weighted by atomic mass is 10.0. The van der Waals surface area contributed by atoms with Crippen LogP contribution in [-0.4, -0.2) is 47.7 Å². The Morgan fingerprint density at radius 1 is 1.39 bits per heavy atom. The summed E-state index contributed by atoms with van der Waals surface area (Å²) in [6.45, 7) is 6.79. The second-order valence-electron chi connectivity index (χ2n) is 5.86. The predicted octanol–water partition coefficient (Wildman–Crippen LogP) is 2.36. The molecule has 0 aromatic heterocycles. The van der Waals surface area contributed by atoms with Crippen LogP contribution in [0, 0.1) is 13.8 Å². The van der Waals surface area contributed by atoms with Gasteiger partial charge in [0.2, 0.25) is 0 Å². The van der Waals surface area contributed by atoms with Gasteiger partial charge in [-0.3, -0.25) is 4.79 Å². The average Bonchev–Trinajstić information content (AvgIpc) is 2.53. The number of benzene rings is 1. The monoisotopic (exact) mass is 320 g/mol. The first-order chi connectivity index (χ1) is 10.9. The van der Waals surface area contributed by atoms with Gasteiger partial charge in [-0.1, -0.05) is 6.07 Å². The molecule has 0 spiro atoms. The van der Waals surface area contributed by atoms with Gasteiger partial charge in [0.15, 0.2) is 0 Å². The summed E-state index contributed by atoms with van der Waals surface area (Å²) in [5, 5.41) is 13.0. The summed E-state index contributed by atoms with van der Waals surface area (Å²) in [5.74, 6) is -0.170. The number of carbonyl (C=O) groups excluding carboxylic acids is 2. The highest BCUT2D eigenvalue weighted by Gasteiger charge is 2.27. The summed E-state index contributed by atoms with van der Waals surface area (Å²) < 4.78 is 4.88. The predicted molar refractivity (Wildman–Crippen MR) is 86.7 cm³/mol. The highest BCUT2D eigenvalue weighted by atomic mass is 16.5. The van der Waals surface area contributed by atoms with E-state index in [0.29, 0.717) is 30.8 Å². The number of carbonyl (C=O) groups is 2. The lowest BCUT2D eigenvalue weighted by Gasteiger charge is -2.33. The number of aromatic hydroxyl groups is 1. The minimum absolute atomic E-state index is 0.0375. The number of piperidine rings is 1. The van der Waals surface area contributed by atoms with Gasteiger partial charge in [-0.25, -0.2) is 4.79 Å².